The van der Waals surface area contributed by atoms with Crippen molar-refractivity contribution in [1.82, 2.24) is 9.78 Å². The summed E-state index contributed by atoms with van der Waals surface area (Å²) in [6.07, 6.45) is 1.81. The molecule has 29 heavy (non-hydrogen) atoms. The van der Waals surface area contributed by atoms with Gasteiger partial charge in [-0.3, -0.25) is 4.79 Å². The fourth-order valence-electron chi connectivity index (χ4n) is 2.94. The van der Waals surface area contributed by atoms with Gasteiger partial charge in [-0.1, -0.05) is 24.3 Å². The third-order valence-electron chi connectivity index (χ3n) is 4.31. The van der Waals surface area contributed by atoms with Crippen molar-refractivity contribution in [2.45, 2.75) is 0 Å². The second-order valence-electron chi connectivity index (χ2n) is 6.33. The molecule has 0 aliphatic rings. The van der Waals surface area contributed by atoms with E-state index < -0.39 is 12.6 Å². The number of ether oxygens (including phenoxy) is 1. The van der Waals surface area contributed by atoms with Gasteiger partial charge in [0.05, 0.1) is 17.4 Å². The lowest BCUT2D eigenvalue weighted by Gasteiger charge is -2.09. The van der Waals surface area contributed by atoms with Crippen LogP contribution in [-0.2, 0) is 4.79 Å². The first-order valence-corrected chi connectivity index (χ1v) is 8.89. The third kappa shape index (κ3) is 4.08. The lowest BCUT2D eigenvalue weighted by molar-refractivity contribution is -0.139. The summed E-state index contributed by atoms with van der Waals surface area (Å²) in [7, 11) is 0. The quantitative estimate of drug-likeness (QED) is 0.526. The van der Waals surface area contributed by atoms with Crippen molar-refractivity contribution >= 4 is 28.5 Å². The van der Waals surface area contributed by atoms with Gasteiger partial charge in [0.25, 0.3) is 5.91 Å². The SMILES string of the molecule is O=C(O)COc1cccc(C(=O)Nc2ccc(-n3ncc4ccccc43)cc2)c1. The lowest BCUT2D eigenvalue weighted by Crippen LogP contribution is -2.13. The van der Waals surface area contributed by atoms with Gasteiger partial charge in [0, 0.05) is 16.6 Å². The first-order valence-electron chi connectivity index (χ1n) is 8.89. The Labute approximate surface area is 166 Å². The normalized spacial score (nSPS) is 10.6. The molecule has 0 saturated carbocycles. The molecule has 144 valence electrons. The molecule has 1 aromatic heterocycles. The van der Waals surface area contributed by atoms with Gasteiger partial charge in [-0.15, -0.1) is 0 Å². The van der Waals surface area contributed by atoms with Gasteiger partial charge in [0.2, 0.25) is 0 Å². The number of para-hydroxylation sites is 1. The van der Waals surface area contributed by atoms with Crippen molar-refractivity contribution in [3.8, 4) is 11.4 Å². The highest BCUT2D eigenvalue weighted by molar-refractivity contribution is 6.04. The van der Waals surface area contributed by atoms with Gasteiger partial charge < -0.3 is 15.2 Å². The molecule has 7 heteroatoms. The molecule has 0 radical (unpaired) electrons. The molecule has 0 bridgehead atoms. The summed E-state index contributed by atoms with van der Waals surface area (Å²) in [5.74, 6) is -1.08. The van der Waals surface area contributed by atoms with Crippen molar-refractivity contribution in [2.75, 3.05) is 11.9 Å². The summed E-state index contributed by atoms with van der Waals surface area (Å²) < 4.78 is 6.95. The standard InChI is InChI=1S/C22H17N3O4/c26-21(27)14-29-19-6-3-5-15(12-19)22(28)24-17-8-10-18(11-9-17)25-20-7-2-1-4-16(20)13-23-25/h1-13H,14H2,(H,24,28)(H,26,27). The van der Waals surface area contributed by atoms with Crippen molar-refractivity contribution in [1.29, 1.82) is 0 Å². The van der Waals surface area contributed by atoms with Crippen LogP contribution in [0.25, 0.3) is 16.6 Å². The Balaban J connectivity index is 1.48. The number of aliphatic carboxylic acids is 1. The molecular formula is C22H17N3O4. The lowest BCUT2D eigenvalue weighted by atomic mass is 10.2. The summed E-state index contributed by atoms with van der Waals surface area (Å²) in [6.45, 7) is -0.464. The van der Waals surface area contributed by atoms with Crippen LogP contribution in [0.15, 0.2) is 79.0 Å². The molecule has 4 rings (SSSR count). The molecule has 2 N–H and O–H groups in total. The number of amides is 1. The van der Waals surface area contributed by atoms with Crippen molar-refractivity contribution in [2.24, 2.45) is 0 Å². The van der Waals surface area contributed by atoms with Crippen LogP contribution in [0.3, 0.4) is 0 Å². The minimum atomic E-state index is -1.08. The van der Waals surface area contributed by atoms with E-state index in [9.17, 15) is 9.59 Å². The number of benzene rings is 3. The maximum absolute atomic E-state index is 12.5. The molecule has 0 spiro atoms. The first-order chi connectivity index (χ1) is 14.1. The van der Waals surface area contributed by atoms with Gasteiger partial charge in [0.15, 0.2) is 6.61 Å². The van der Waals surface area contributed by atoms with Crippen LogP contribution in [0.2, 0.25) is 0 Å². The van der Waals surface area contributed by atoms with E-state index in [-0.39, 0.29) is 5.91 Å². The topological polar surface area (TPSA) is 93.5 Å². The highest BCUT2D eigenvalue weighted by atomic mass is 16.5. The van der Waals surface area contributed by atoms with Crippen LogP contribution >= 0.6 is 0 Å². The minimum Gasteiger partial charge on any atom is -0.482 e. The molecule has 0 unspecified atom stereocenters. The molecule has 0 aliphatic heterocycles. The average molecular weight is 387 g/mol. The summed E-state index contributed by atoms with van der Waals surface area (Å²) in [5.41, 5.74) is 2.89. The van der Waals surface area contributed by atoms with Crippen LogP contribution < -0.4 is 10.1 Å². The maximum atomic E-state index is 12.5. The van der Waals surface area contributed by atoms with E-state index in [0.29, 0.717) is 17.0 Å². The number of carbonyl (C=O) groups is 2. The second kappa shape index (κ2) is 7.85. The predicted molar refractivity (Wildman–Crippen MR) is 109 cm³/mol. The fourth-order valence-corrected chi connectivity index (χ4v) is 2.94. The van der Waals surface area contributed by atoms with Crippen LogP contribution in [0, 0.1) is 0 Å². The molecule has 7 nitrogen and oxygen atoms in total. The van der Waals surface area contributed by atoms with Crippen molar-refractivity contribution in [3.63, 3.8) is 0 Å². The number of carboxylic acids is 1. The number of carboxylic acid groups (broad SMARTS) is 1. The largest absolute Gasteiger partial charge is 0.482 e. The van der Waals surface area contributed by atoms with Gasteiger partial charge in [0.1, 0.15) is 5.75 Å². The minimum absolute atomic E-state index is 0.317. The summed E-state index contributed by atoms with van der Waals surface area (Å²) in [6, 6.07) is 21.7. The number of hydrogen-bond acceptors (Lipinski definition) is 4. The predicted octanol–water partition coefficient (Wildman–Crippen LogP) is 3.74. The monoisotopic (exact) mass is 387 g/mol. The molecule has 4 aromatic rings. The van der Waals surface area contributed by atoms with E-state index in [2.05, 4.69) is 10.4 Å². The molecular weight excluding hydrogens is 370 g/mol. The zero-order valence-electron chi connectivity index (χ0n) is 15.3. The number of nitrogens with one attached hydrogen (secondary N) is 1. The Morgan fingerprint density at radius 2 is 1.79 bits per heavy atom. The molecule has 0 saturated heterocycles. The van der Waals surface area contributed by atoms with E-state index in [1.807, 2.05) is 47.3 Å². The maximum Gasteiger partial charge on any atom is 0.341 e. The molecule has 3 aromatic carbocycles. The van der Waals surface area contributed by atoms with E-state index in [1.165, 1.54) is 6.07 Å². The first kappa shape index (κ1) is 18.2. The van der Waals surface area contributed by atoms with E-state index in [1.54, 1.807) is 30.3 Å². The van der Waals surface area contributed by atoms with Gasteiger partial charge in [-0.05, 0) is 48.5 Å². The van der Waals surface area contributed by atoms with Crippen LogP contribution in [0.4, 0.5) is 5.69 Å². The van der Waals surface area contributed by atoms with Crippen molar-refractivity contribution < 1.29 is 19.4 Å². The summed E-state index contributed by atoms with van der Waals surface area (Å²) in [5, 5.41) is 17.0. The smallest absolute Gasteiger partial charge is 0.341 e. The van der Waals surface area contributed by atoms with Crippen molar-refractivity contribution in [3.05, 3.63) is 84.6 Å². The Morgan fingerprint density at radius 1 is 1.00 bits per heavy atom. The van der Waals surface area contributed by atoms with E-state index in [4.69, 9.17) is 9.84 Å². The van der Waals surface area contributed by atoms with Gasteiger partial charge >= 0.3 is 5.97 Å². The number of anilines is 1. The summed E-state index contributed by atoms with van der Waals surface area (Å²) in [4.78, 5) is 23.1. The Kier molecular flexibility index (Phi) is 4.94. The van der Waals surface area contributed by atoms with Gasteiger partial charge in [-0.25, -0.2) is 9.48 Å². The highest BCUT2D eigenvalue weighted by Crippen LogP contribution is 2.20. The van der Waals surface area contributed by atoms with Gasteiger partial charge in [-0.2, -0.15) is 5.10 Å². The van der Waals surface area contributed by atoms with Crippen LogP contribution in [0.5, 0.6) is 5.75 Å². The number of nitrogens with zero attached hydrogens (tertiary/aromatic N) is 2. The second-order valence-corrected chi connectivity index (χ2v) is 6.33. The number of aromatic nitrogens is 2. The molecule has 0 atom stereocenters. The van der Waals surface area contributed by atoms with E-state index in [0.717, 1.165) is 16.6 Å². The zero-order chi connectivity index (χ0) is 20.2. The average Bonchev–Trinajstić information content (AvgIpc) is 3.17. The number of hydrogen-bond donors (Lipinski definition) is 2. The molecule has 1 amide bonds. The molecule has 1 heterocycles. The van der Waals surface area contributed by atoms with Crippen LogP contribution in [-0.4, -0.2) is 33.4 Å². The molecule has 0 aliphatic carbocycles. The Hall–Kier alpha value is -4.13. The Bertz CT molecular complexity index is 1180. The summed E-state index contributed by atoms with van der Waals surface area (Å²) >= 11 is 0. The number of fused-ring (bicyclic) bond motifs is 1. The molecule has 0 fully saturated rings. The Morgan fingerprint density at radius 3 is 2.59 bits per heavy atom. The van der Waals surface area contributed by atoms with E-state index >= 15 is 0 Å². The highest BCUT2D eigenvalue weighted by Gasteiger charge is 2.09. The van der Waals surface area contributed by atoms with Crippen LogP contribution in [0.1, 0.15) is 10.4 Å². The fraction of sp³-hybridized carbons (Fsp3) is 0.0455. The zero-order valence-corrected chi connectivity index (χ0v) is 15.3. The third-order valence-corrected chi connectivity index (χ3v) is 4.31. The number of carbonyl (C=O) groups excluding carboxylic acids is 1. The number of rotatable bonds is 6.